The molecule has 0 saturated carbocycles. The second-order valence-electron chi connectivity index (χ2n) is 6.98. The van der Waals surface area contributed by atoms with Crippen molar-refractivity contribution in [3.63, 3.8) is 0 Å². The molecule has 13 heteroatoms. The maximum Gasteiger partial charge on any atom is 0.339 e. The summed E-state index contributed by atoms with van der Waals surface area (Å²) in [7, 11) is -1.64. The highest BCUT2D eigenvalue weighted by molar-refractivity contribution is 8.18. The number of nitro groups is 1. The summed E-state index contributed by atoms with van der Waals surface area (Å²) in [5.41, 5.74) is 0.411. The van der Waals surface area contributed by atoms with E-state index in [1.807, 2.05) is 0 Å². The van der Waals surface area contributed by atoms with Crippen LogP contribution in [0, 0.1) is 17.0 Å². The van der Waals surface area contributed by atoms with Crippen molar-refractivity contribution in [3.8, 4) is 11.5 Å². The number of carbonyl (C=O) groups is 2. The number of imide groups is 1. The Balaban J connectivity index is 1.87. The highest BCUT2D eigenvalue weighted by Crippen LogP contribution is 2.35. The number of rotatable bonds is 9. The number of nitro benzene ring substituents is 1. The van der Waals surface area contributed by atoms with Gasteiger partial charge >= 0.3 is 10.1 Å². The molecule has 1 aliphatic heterocycles. The molecule has 180 valence electrons. The summed E-state index contributed by atoms with van der Waals surface area (Å²) >= 11 is 0.777. The summed E-state index contributed by atoms with van der Waals surface area (Å²) in [5.74, 6) is -0.580. The van der Waals surface area contributed by atoms with Crippen molar-refractivity contribution in [3.05, 3.63) is 62.5 Å². The van der Waals surface area contributed by atoms with Gasteiger partial charge in [-0.05, 0) is 48.5 Å². The Morgan fingerprint density at radius 1 is 1.12 bits per heavy atom. The number of amides is 2. The number of ether oxygens (including phenoxy) is 2. The summed E-state index contributed by atoms with van der Waals surface area (Å²) in [6, 6.07) is 7.68. The third kappa shape index (κ3) is 5.38. The van der Waals surface area contributed by atoms with E-state index >= 15 is 0 Å². The van der Waals surface area contributed by atoms with Crippen LogP contribution in [0.5, 0.6) is 11.5 Å². The number of hydrogen-bond acceptors (Lipinski definition) is 10. The van der Waals surface area contributed by atoms with Crippen molar-refractivity contribution < 1.29 is 36.6 Å². The minimum absolute atomic E-state index is 0.0394. The summed E-state index contributed by atoms with van der Waals surface area (Å²) in [4.78, 5) is 35.9. The molecule has 1 fully saturated rings. The number of aryl methyl sites for hydroxylation is 1. The average Bonchev–Trinajstić information content (AvgIpc) is 3.05. The average molecular weight is 509 g/mol. The molecule has 0 spiro atoms. The predicted octanol–water partition coefficient (Wildman–Crippen LogP) is 3.36. The Kier molecular flexibility index (Phi) is 7.59. The van der Waals surface area contributed by atoms with Gasteiger partial charge in [0.2, 0.25) is 0 Å². The maximum absolute atomic E-state index is 12.7. The van der Waals surface area contributed by atoms with E-state index in [0.717, 1.165) is 22.7 Å². The highest BCUT2D eigenvalue weighted by atomic mass is 32.2. The highest BCUT2D eigenvalue weighted by Gasteiger charge is 2.34. The van der Waals surface area contributed by atoms with Gasteiger partial charge in [0, 0.05) is 18.7 Å². The molecule has 2 aromatic carbocycles. The van der Waals surface area contributed by atoms with E-state index in [-0.39, 0.29) is 40.1 Å². The van der Waals surface area contributed by atoms with E-state index in [1.54, 1.807) is 0 Å². The lowest BCUT2D eigenvalue weighted by molar-refractivity contribution is -0.385. The summed E-state index contributed by atoms with van der Waals surface area (Å²) < 4.78 is 40.7. The minimum atomic E-state index is -4.41. The normalized spacial score (nSPS) is 15.1. The fourth-order valence-electron chi connectivity index (χ4n) is 2.98. The Bertz CT molecular complexity index is 1290. The van der Waals surface area contributed by atoms with Crippen LogP contribution in [0.4, 0.5) is 10.5 Å². The van der Waals surface area contributed by atoms with E-state index in [1.165, 1.54) is 57.6 Å². The van der Waals surface area contributed by atoms with Crippen LogP contribution in [0.15, 0.2) is 46.2 Å². The first-order valence-corrected chi connectivity index (χ1v) is 11.9. The molecule has 1 aliphatic rings. The zero-order valence-electron chi connectivity index (χ0n) is 18.3. The molecule has 0 N–H and O–H groups in total. The zero-order chi connectivity index (χ0) is 25.0. The van der Waals surface area contributed by atoms with Crippen LogP contribution in [0.25, 0.3) is 6.08 Å². The quantitative estimate of drug-likeness (QED) is 0.214. The lowest BCUT2D eigenvalue weighted by Crippen LogP contribution is -2.31. The SMILES string of the molecule is COCCN1C(=O)S/C(=C\c2ccc(OS(=O)(=O)c3ccc(C)c([N+](=O)[O-])c3)c(OC)c2)C1=O. The molecule has 0 bridgehead atoms. The van der Waals surface area contributed by atoms with E-state index in [4.69, 9.17) is 13.7 Å². The number of thioether (sulfide) groups is 1. The van der Waals surface area contributed by atoms with Crippen LogP contribution in [0.3, 0.4) is 0 Å². The Hall–Kier alpha value is -3.42. The van der Waals surface area contributed by atoms with Gasteiger partial charge < -0.3 is 13.7 Å². The third-order valence-electron chi connectivity index (χ3n) is 4.74. The fourth-order valence-corrected chi connectivity index (χ4v) is 4.80. The molecule has 1 saturated heterocycles. The second-order valence-corrected chi connectivity index (χ2v) is 9.52. The minimum Gasteiger partial charge on any atom is -0.493 e. The van der Waals surface area contributed by atoms with Gasteiger partial charge in [0.25, 0.3) is 16.8 Å². The van der Waals surface area contributed by atoms with Crippen molar-refractivity contribution in [1.82, 2.24) is 4.90 Å². The van der Waals surface area contributed by atoms with Crippen molar-refractivity contribution in [2.45, 2.75) is 11.8 Å². The third-order valence-corrected chi connectivity index (χ3v) is 6.88. The number of benzene rings is 2. The van der Waals surface area contributed by atoms with Crippen LogP contribution < -0.4 is 8.92 Å². The van der Waals surface area contributed by atoms with Gasteiger partial charge in [0.15, 0.2) is 11.5 Å². The Labute approximate surface area is 199 Å². The number of hydrogen-bond donors (Lipinski definition) is 0. The molecule has 34 heavy (non-hydrogen) atoms. The topological polar surface area (TPSA) is 142 Å². The van der Waals surface area contributed by atoms with Crippen molar-refractivity contribution in [1.29, 1.82) is 0 Å². The van der Waals surface area contributed by atoms with Crippen LogP contribution in [-0.2, 0) is 19.6 Å². The molecule has 0 aromatic heterocycles. The van der Waals surface area contributed by atoms with Crippen molar-refractivity contribution in [2.24, 2.45) is 0 Å². The molecule has 0 radical (unpaired) electrons. The first kappa shape index (κ1) is 25.2. The van der Waals surface area contributed by atoms with E-state index < -0.39 is 26.2 Å². The van der Waals surface area contributed by atoms with Gasteiger partial charge in [0.1, 0.15) is 4.90 Å². The first-order valence-electron chi connectivity index (χ1n) is 9.69. The summed E-state index contributed by atoms with van der Waals surface area (Å²) in [6.45, 7) is 1.83. The van der Waals surface area contributed by atoms with Gasteiger partial charge in [-0.1, -0.05) is 12.1 Å². The Morgan fingerprint density at radius 3 is 2.50 bits per heavy atom. The van der Waals surface area contributed by atoms with Crippen LogP contribution in [0.2, 0.25) is 0 Å². The Morgan fingerprint density at radius 2 is 1.85 bits per heavy atom. The van der Waals surface area contributed by atoms with E-state index in [2.05, 4.69) is 0 Å². The molecule has 2 amide bonds. The molecule has 1 heterocycles. The molecular weight excluding hydrogens is 488 g/mol. The summed E-state index contributed by atoms with van der Waals surface area (Å²) in [6.07, 6.45) is 1.47. The van der Waals surface area contributed by atoms with Crippen LogP contribution >= 0.6 is 11.8 Å². The van der Waals surface area contributed by atoms with E-state index in [0.29, 0.717) is 11.1 Å². The van der Waals surface area contributed by atoms with Crippen molar-refractivity contribution >= 4 is 44.8 Å². The van der Waals surface area contributed by atoms with Gasteiger partial charge in [-0.3, -0.25) is 24.6 Å². The molecule has 0 aliphatic carbocycles. The largest absolute Gasteiger partial charge is 0.493 e. The van der Waals surface area contributed by atoms with E-state index in [9.17, 15) is 28.1 Å². The van der Waals surface area contributed by atoms with Crippen LogP contribution in [0.1, 0.15) is 11.1 Å². The maximum atomic E-state index is 12.7. The number of carbonyl (C=O) groups excluding carboxylic acids is 2. The van der Waals surface area contributed by atoms with Gasteiger partial charge in [-0.25, -0.2) is 0 Å². The lowest BCUT2D eigenvalue weighted by Gasteiger charge is -2.12. The number of nitrogens with zero attached hydrogens (tertiary/aromatic N) is 2. The summed E-state index contributed by atoms with van der Waals surface area (Å²) in [5, 5.41) is 10.7. The standard InChI is InChI=1S/C21H20N2O9S2/c1-13-4-6-15(12-16(13)23(26)27)34(28,29)32-17-7-5-14(10-18(17)31-3)11-19-20(24)22(8-9-30-2)21(25)33-19/h4-7,10-12H,8-9H2,1-3H3/b19-11-. The van der Waals surface area contributed by atoms with Gasteiger partial charge in [0.05, 0.1) is 30.1 Å². The second kappa shape index (κ2) is 10.2. The first-order chi connectivity index (χ1) is 16.1. The smallest absolute Gasteiger partial charge is 0.339 e. The molecule has 3 rings (SSSR count). The predicted molar refractivity (Wildman–Crippen MR) is 123 cm³/mol. The van der Waals surface area contributed by atoms with Crippen LogP contribution in [-0.4, -0.2) is 56.8 Å². The van der Waals surface area contributed by atoms with Crippen molar-refractivity contribution in [2.75, 3.05) is 27.4 Å². The van der Waals surface area contributed by atoms with Gasteiger partial charge in [-0.2, -0.15) is 8.42 Å². The molecular formula is C21H20N2O9S2. The fraction of sp³-hybridized carbons (Fsp3) is 0.238. The lowest BCUT2D eigenvalue weighted by atomic mass is 10.2. The monoisotopic (exact) mass is 508 g/mol. The molecule has 2 aromatic rings. The molecule has 11 nitrogen and oxygen atoms in total. The number of methoxy groups -OCH3 is 2. The zero-order valence-corrected chi connectivity index (χ0v) is 20.0. The van der Waals surface area contributed by atoms with Gasteiger partial charge in [-0.15, -0.1) is 0 Å². The molecule has 0 atom stereocenters. The molecule has 0 unspecified atom stereocenters.